The van der Waals surface area contributed by atoms with E-state index in [4.69, 9.17) is 9.26 Å². The first-order valence-electron chi connectivity index (χ1n) is 6.35. The van der Waals surface area contributed by atoms with Gasteiger partial charge in [-0.15, -0.1) is 0 Å². The first-order chi connectivity index (χ1) is 9.28. The molecule has 5 heteroatoms. The smallest absolute Gasteiger partial charge is 0.379 e. The lowest BCUT2D eigenvalue weighted by molar-refractivity contribution is 0.0508. The number of carbonyl (C=O) groups excluding carboxylic acids is 1. The summed E-state index contributed by atoms with van der Waals surface area (Å²) in [6, 6.07) is 8.27. The van der Waals surface area contributed by atoms with Crippen molar-refractivity contribution in [1.29, 1.82) is 0 Å². The summed E-state index contributed by atoms with van der Waals surface area (Å²) in [7, 11) is 0. The van der Waals surface area contributed by atoms with Gasteiger partial charge in [-0.3, -0.25) is 0 Å². The van der Waals surface area contributed by atoms with Crippen LogP contribution in [0.5, 0.6) is 0 Å². The summed E-state index contributed by atoms with van der Waals surface area (Å²) < 4.78 is 10.0. The molecule has 2 aromatic rings. The van der Waals surface area contributed by atoms with E-state index < -0.39 is 5.97 Å². The SMILES string of the molecule is CCOC(=O)c1noc(C2Cc3ccccc3C2)n1. The standard InChI is InChI=1S/C14H14N2O3/c1-2-18-14(17)12-15-13(19-16-12)11-7-9-5-3-4-6-10(9)8-11/h3-6,11H,2,7-8H2,1H3. The van der Waals surface area contributed by atoms with E-state index in [1.165, 1.54) is 11.1 Å². The molecule has 1 aromatic heterocycles. The molecule has 5 nitrogen and oxygen atoms in total. The normalized spacial score (nSPS) is 14.4. The van der Waals surface area contributed by atoms with Crippen molar-refractivity contribution in [2.45, 2.75) is 25.7 Å². The maximum absolute atomic E-state index is 11.5. The Bertz CT molecular complexity index is 581. The van der Waals surface area contributed by atoms with Crippen LogP contribution in [0.4, 0.5) is 0 Å². The van der Waals surface area contributed by atoms with Gasteiger partial charge in [0.05, 0.1) is 6.61 Å². The van der Waals surface area contributed by atoms with Gasteiger partial charge in [0.15, 0.2) is 0 Å². The highest BCUT2D eigenvalue weighted by Crippen LogP contribution is 2.32. The van der Waals surface area contributed by atoms with Crippen LogP contribution in [-0.2, 0) is 17.6 Å². The molecule has 1 heterocycles. The number of ether oxygens (including phenoxy) is 1. The van der Waals surface area contributed by atoms with Gasteiger partial charge in [0.25, 0.3) is 5.82 Å². The second-order valence-corrected chi connectivity index (χ2v) is 4.55. The number of rotatable bonds is 3. The van der Waals surface area contributed by atoms with E-state index in [1.54, 1.807) is 6.92 Å². The summed E-state index contributed by atoms with van der Waals surface area (Å²) >= 11 is 0. The van der Waals surface area contributed by atoms with Gasteiger partial charge in [-0.2, -0.15) is 4.98 Å². The molecule has 0 aliphatic heterocycles. The van der Waals surface area contributed by atoms with E-state index in [0.717, 1.165) is 12.8 Å². The van der Waals surface area contributed by atoms with Crippen LogP contribution in [0, 0.1) is 0 Å². The van der Waals surface area contributed by atoms with Crippen LogP contribution in [0.1, 0.15) is 40.5 Å². The average Bonchev–Trinajstić information content (AvgIpc) is 3.05. The number of nitrogens with zero attached hydrogens (tertiary/aromatic N) is 2. The minimum Gasteiger partial charge on any atom is -0.460 e. The highest BCUT2D eigenvalue weighted by atomic mass is 16.5. The first-order valence-corrected chi connectivity index (χ1v) is 6.35. The van der Waals surface area contributed by atoms with Crippen LogP contribution in [-0.4, -0.2) is 22.7 Å². The fourth-order valence-electron chi connectivity index (χ4n) is 2.41. The lowest BCUT2D eigenvalue weighted by Crippen LogP contribution is -2.07. The number of fused-ring (bicyclic) bond motifs is 1. The number of esters is 1. The number of hydrogen-bond acceptors (Lipinski definition) is 5. The van der Waals surface area contributed by atoms with Gasteiger partial charge in [-0.1, -0.05) is 24.3 Å². The Morgan fingerprint density at radius 2 is 2.05 bits per heavy atom. The van der Waals surface area contributed by atoms with Crippen LogP contribution in [0.2, 0.25) is 0 Å². The van der Waals surface area contributed by atoms with Gasteiger partial charge < -0.3 is 9.26 Å². The number of benzene rings is 1. The second kappa shape index (κ2) is 4.84. The summed E-state index contributed by atoms with van der Waals surface area (Å²) in [5.74, 6) is 0.146. The maximum atomic E-state index is 11.5. The van der Waals surface area contributed by atoms with Crippen molar-refractivity contribution in [3.63, 3.8) is 0 Å². The van der Waals surface area contributed by atoms with Crippen LogP contribution >= 0.6 is 0 Å². The van der Waals surface area contributed by atoms with Gasteiger partial charge in [-0.25, -0.2) is 4.79 Å². The van der Waals surface area contributed by atoms with Gasteiger partial charge in [0, 0.05) is 5.92 Å². The molecule has 0 bridgehead atoms. The minimum atomic E-state index is -0.534. The molecule has 0 radical (unpaired) electrons. The molecule has 1 aliphatic carbocycles. The summed E-state index contributed by atoms with van der Waals surface area (Å²) in [6.45, 7) is 2.05. The zero-order chi connectivity index (χ0) is 13.2. The second-order valence-electron chi connectivity index (χ2n) is 4.55. The highest BCUT2D eigenvalue weighted by Gasteiger charge is 2.28. The third-order valence-electron chi connectivity index (χ3n) is 3.30. The van der Waals surface area contributed by atoms with Crippen molar-refractivity contribution >= 4 is 5.97 Å². The van der Waals surface area contributed by atoms with Crippen LogP contribution in [0.3, 0.4) is 0 Å². The van der Waals surface area contributed by atoms with Crippen molar-refractivity contribution in [3.8, 4) is 0 Å². The maximum Gasteiger partial charge on any atom is 0.379 e. The van der Waals surface area contributed by atoms with Crippen LogP contribution in [0.15, 0.2) is 28.8 Å². The number of carbonyl (C=O) groups is 1. The summed E-state index contributed by atoms with van der Waals surface area (Å²) in [4.78, 5) is 15.6. The van der Waals surface area contributed by atoms with Crippen molar-refractivity contribution in [2.75, 3.05) is 6.61 Å². The van der Waals surface area contributed by atoms with E-state index in [-0.39, 0.29) is 11.7 Å². The van der Waals surface area contributed by atoms with Gasteiger partial charge >= 0.3 is 5.97 Å². The average molecular weight is 258 g/mol. The van der Waals surface area contributed by atoms with E-state index >= 15 is 0 Å². The van der Waals surface area contributed by atoms with Crippen LogP contribution in [0.25, 0.3) is 0 Å². The third kappa shape index (κ3) is 2.23. The molecule has 0 saturated carbocycles. The third-order valence-corrected chi connectivity index (χ3v) is 3.30. The Hall–Kier alpha value is -2.17. The van der Waals surface area contributed by atoms with E-state index in [9.17, 15) is 4.79 Å². The van der Waals surface area contributed by atoms with Crippen molar-refractivity contribution in [2.24, 2.45) is 0 Å². The first kappa shape index (κ1) is 11.9. The molecule has 3 rings (SSSR count). The highest BCUT2D eigenvalue weighted by molar-refractivity contribution is 5.84. The monoisotopic (exact) mass is 258 g/mol. The fraction of sp³-hybridized carbons (Fsp3) is 0.357. The van der Waals surface area contributed by atoms with Crippen molar-refractivity contribution < 1.29 is 14.1 Å². The molecule has 19 heavy (non-hydrogen) atoms. The Balaban J connectivity index is 1.77. The number of aromatic nitrogens is 2. The zero-order valence-electron chi connectivity index (χ0n) is 10.6. The van der Waals surface area contributed by atoms with Crippen molar-refractivity contribution in [1.82, 2.24) is 10.1 Å². The molecule has 0 spiro atoms. The Morgan fingerprint density at radius 3 is 2.68 bits per heavy atom. The molecule has 98 valence electrons. The molecular formula is C14H14N2O3. The molecule has 1 aromatic carbocycles. The van der Waals surface area contributed by atoms with Gasteiger partial charge in [0.2, 0.25) is 5.89 Å². The molecule has 0 N–H and O–H groups in total. The topological polar surface area (TPSA) is 65.2 Å². The Kier molecular flexibility index (Phi) is 3.03. The van der Waals surface area contributed by atoms with E-state index in [0.29, 0.717) is 12.5 Å². The lowest BCUT2D eigenvalue weighted by atomic mass is 10.1. The van der Waals surface area contributed by atoms with E-state index in [1.807, 2.05) is 12.1 Å². The van der Waals surface area contributed by atoms with Gasteiger partial charge in [0.1, 0.15) is 0 Å². The molecule has 0 fully saturated rings. The summed E-state index contributed by atoms with van der Waals surface area (Å²) in [6.07, 6.45) is 1.75. The minimum absolute atomic E-state index is 0.00723. The molecule has 0 amide bonds. The summed E-state index contributed by atoms with van der Waals surface area (Å²) in [5.41, 5.74) is 2.62. The quantitative estimate of drug-likeness (QED) is 0.789. The Labute approximate surface area is 110 Å². The molecule has 0 unspecified atom stereocenters. The summed E-state index contributed by atoms with van der Waals surface area (Å²) in [5, 5.41) is 3.68. The lowest BCUT2D eigenvalue weighted by Gasteiger charge is -2.00. The molecular weight excluding hydrogens is 244 g/mol. The van der Waals surface area contributed by atoms with E-state index in [2.05, 4.69) is 22.3 Å². The molecule has 0 saturated heterocycles. The van der Waals surface area contributed by atoms with Crippen molar-refractivity contribution in [3.05, 3.63) is 47.1 Å². The van der Waals surface area contributed by atoms with Gasteiger partial charge in [-0.05, 0) is 36.0 Å². The predicted octanol–water partition coefficient (Wildman–Crippen LogP) is 2.13. The van der Waals surface area contributed by atoms with Crippen LogP contribution < -0.4 is 0 Å². The fourth-order valence-corrected chi connectivity index (χ4v) is 2.41. The largest absolute Gasteiger partial charge is 0.460 e. The predicted molar refractivity (Wildman–Crippen MR) is 66.8 cm³/mol. The Morgan fingerprint density at radius 1 is 1.37 bits per heavy atom. The molecule has 0 atom stereocenters. The number of hydrogen-bond donors (Lipinski definition) is 0. The zero-order valence-corrected chi connectivity index (χ0v) is 10.6. The molecule has 1 aliphatic rings.